The Balaban J connectivity index is 1.31. The summed E-state index contributed by atoms with van der Waals surface area (Å²) in [5.41, 5.74) is 3.34. The molecule has 144 valence electrons. The Bertz CT molecular complexity index is 756. The number of ether oxygens (including phenoxy) is 2. The van der Waals surface area contributed by atoms with Crippen molar-refractivity contribution < 1.29 is 14.3 Å². The SMILES string of the molecule is O=C(NCC1CCCO1)NCC1OCCc2cn(Cc3ccccc3)nc21. The van der Waals surface area contributed by atoms with E-state index in [1.807, 2.05) is 22.9 Å². The average Bonchev–Trinajstić information content (AvgIpc) is 3.35. The minimum absolute atomic E-state index is 0.141. The second kappa shape index (κ2) is 8.54. The third kappa shape index (κ3) is 4.67. The van der Waals surface area contributed by atoms with E-state index in [1.165, 1.54) is 11.1 Å². The van der Waals surface area contributed by atoms with E-state index in [0.29, 0.717) is 19.7 Å². The number of fused-ring (bicyclic) bond motifs is 1. The molecule has 0 radical (unpaired) electrons. The first-order valence-corrected chi connectivity index (χ1v) is 9.63. The quantitative estimate of drug-likeness (QED) is 0.816. The standard InChI is InChI=1S/C20H26N4O3/c25-20(21-11-17-7-4-9-26-17)22-12-18-19-16(8-10-27-18)14-24(23-19)13-15-5-2-1-3-6-15/h1-3,5-6,14,17-18H,4,7-13H2,(H2,21,22,25). The summed E-state index contributed by atoms with van der Waals surface area (Å²) in [7, 11) is 0. The zero-order chi connectivity index (χ0) is 18.5. The molecular weight excluding hydrogens is 344 g/mol. The number of hydrogen-bond acceptors (Lipinski definition) is 4. The molecular formula is C20H26N4O3. The van der Waals surface area contributed by atoms with Crippen molar-refractivity contribution >= 4 is 6.03 Å². The molecule has 3 heterocycles. The molecule has 2 aliphatic heterocycles. The van der Waals surface area contributed by atoms with Crippen LogP contribution in [0, 0.1) is 0 Å². The molecule has 1 fully saturated rings. The van der Waals surface area contributed by atoms with E-state index in [1.54, 1.807) is 0 Å². The number of aromatic nitrogens is 2. The van der Waals surface area contributed by atoms with Crippen molar-refractivity contribution in [3.8, 4) is 0 Å². The molecule has 1 aromatic carbocycles. The van der Waals surface area contributed by atoms with Crippen LogP contribution in [0.3, 0.4) is 0 Å². The molecule has 7 nitrogen and oxygen atoms in total. The molecule has 2 atom stereocenters. The molecule has 2 aliphatic rings. The fraction of sp³-hybridized carbons (Fsp3) is 0.500. The Labute approximate surface area is 159 Å². The summed E-state index contributed by atoms with van der Waals surface area (Å²) < 4.78 is 13.3. The molecule has 7 heteroatoms. The molecule has 4 rings (SSSR count). The summed E-state index contributed by atoms with van der Waals surface area (Å²) in [6.45, 7) is 3.13. The first-order chi connectivity index (χ1) is 13.3. The van der Waals surface area contributed by atoms with Gasteiger partial charge >= 0.3 is 6.03 Å². The number of carbonyl (C=O) groups excluding carboxylic acids is 1. The van der Waals surface area contributed by atoms with Crippen molar-refractivity contribution in [3.05, 3.63) is 53.3 Å². The molecule has 27 heavy (non-hydrogen) atoms. The summed E-state index contributed by atoms with van der Waals surface area (Å²) in [5.74, 6) is 0. The summed E-state index contributed by atoms with van der Waals surface area (Å²) in [4.78, 5) is 12.0. The largest absolute Gasteiger partial charge is 0.376 e. The molecule has 1 aromatic heterocycles. The highest BCUT2D eigenvalue weighted by atomic mass is 16.5. The Morgan fingerprint density at radius 3 is 2.81 bits per heavy atom. The van der Waals surface area contributed by atoms with E-state index in [4.69, 9.17) is 14.6 Å². The number of amides is 2. The monoisotopic (exact) mass is 370 g/mol. The molecule has 0 spiro atoms. The van der Waals surface area contributed by atoms with Gasteiger partial charge in [-0.25, -0.2) is 4.79 Å². The highest BCUT2D eigenvalue weighted by Gasteiger charge is 2.25. The first-order valence-electron chi connectivity index (χ1n) is 9.63. The van der Waals surface area contributed by atoms with E-state index in [-0.39, 0.29) is 18.2 Å². The smallest absolute Gasteiger partial charge is 0.314 e. The van der Waals surface area contributed by atoms with Crippen LogP contribution in [0.25, 0.3) is 0 Å². The molecule has 0 bridgehead atoms. The zero-order valence-electron chi connectivity index (χ0n) is 15.4. The van der Waals surface area contributed by atoms with Crippen LogP contribution in [0.1, 0.15) is 35.8 Å². The highest BCUT2D eigenvalue weighted by Crippen LogP contribution is 2.25. The Morgan fingerprint density at radius 1 is 1.15 bits per heavy atom. The topological polar surface area (TPSA) is 77.4 Å². The number of urea groups is 1. The summed E-state index contributed by atoms with van der Waals surface area (Å²) in [6, 6.07) is 10.1. The lowest BCUT2D eigenvalue weighted by molar-refractivity contribution is 0.0410. The summed E-state index contributed by atoms with van der Waals surface area (Å²) >= 11 is 0. The average molecular weight is 370 g/mol. The number of benzene rings is 1. The van der Waals surface area contributed by atoms with Gasteiger partial charge in [-0.2, -0.15) is 5.10 Å². The van der Waals surface area contributed by atoms with Crippen molar-refractivity contribution in [2.75, 3.05) is 26.3 Å². The van der Waals surface area contributed by atoms with E-state index in [9.17, 15) is 4.79 Å². The minimum atomic E-state index is -0.209. The van der Waals surface area contributed by atoms with E-state index in [2.05, 4.69) is 29.0 Å². The van der Waals surface area contributed by atoms with Gasteiger partial charge in [-0.05, 0) is 30.4 Å². The molecule has 1 saturated heterocycles. The van der Waals surface area contributed by atoms with Gasteiger partial charge in [0.1, 0.15) is 6.10 Å². The van der Waals surface area contributed by atoms with Crippen molar-refractivity contribution in [2.45, 2.75) is 38.0 Å². The molecule has 0 aliphatic carbocycles. The highest BCUT2D eigenvalue weighted by molar-refractivity contribution is 5.73. The second-order valence-corrected chi connectivity index (χ2v) is 7.06. The van der Waals surface area contributed by atoms with Gasteiger partial charge in [0.25, 0.3) is 0 Å². The molecule has 2 aromatic rings. The van der Waals surface area contributed by atoms with Crippen molar-refractivity contribution in [2.24, 2.45) is 0 Å². The number of carbonyl (C=O) groups is 1. The van der Waals surface area contributed by atoms with Crippen LogP contribution < -0.4 is 10.6 Å². The van der Waals surface area contributed by atoms with Gasteiger partial charge in [-0.3, -0.25) is 4.68 Å². The molecule has 2 amide bonds. The van der Waals surface area contributed by atoms with Gasteiger partial charge in [0, 0.05) is 19.3 Å². The van der Waals surface area contributed by atoms with Crippen LogP contribution in [0.2, 0.25) is 0 Å². The predicted octanol–water partition coefficient (Wildman–Crippen LogP) is 2.02. The maximum atomic E-state index is 12.0. The first kappa shape index (κ1) is 18.0. The number of nitrogens with one attached hydrogen (secondary N) is 2. The van der Waals surface area contributed by atoms with E-state index >= 15 is 0 Å². The normalized spacial score (nSPS) is 21.6. The predicted molar refractivity (Wildman–Crippen MR) is 101 cm³/mol. The number of nitrogens with zero attached hydrogens (tertiary/aromatic N) is 2. The summed E-state index contributed by atoms with van der Waals surface area (Å²) in [6.07, 6.45) is 4.95. The van der Waals surface area contributed by atoms with Crippen molar-refractivity contribution in [1.82, 2.24) is 20.4 Å². The lowest BCUT2D eigenvalue weighted by Gasteiger charge is -2.22. The lowest BCUT2D eigenvalue weighted by atomic mass is 10.1. The van der Waals surface area contributed by atoms with Gasteiger partial charge in [0.05, 0.1) is 31.5 Å². The third-order valence-electron chi connectivity index (χ3n) is 5.02. The fourth-order valence-electron chi connectivity index (χ4n) is 3.60. The fourth-order valence-corrected chi connectivity index (χ4v) is 3.60. The van der Waals surface area contributed by atoms with Gasteiger partial charge in [0.2, 0.25) is 0 Å². The van der Waals surface area contributed by atoms with E-state index < -0.39 is 0 Å². The van der Waals surface area contributed by atoms with Gasteiger partial charge in [-0.1, -0.05) is 30.3 Å². The number of hydrogen-bond donors (Lipinski definition) is 2. The second-order valence-electron chi connectivity index (χ2n) is 7.06. The Morgan fingerprint density at radius 2 is 2.00 bits per heavy atom. The maximum absolute atomic E-state index is 12.0. The zero-order valence-corrected chi connectivity index (χ0v) is 15.4. The molecule has 0 saturated carbocycles. The van der Waals surface area contributed by atoms with Crippen LogP contribution in [-0.4, -0.2) is 48.2 Å². The maximum Gasteiger partial charge on any atom is 0.314 e. The molecule has 2 N–H and O–H groups in total. The minimum Gasteiger partial charge on any atom is -0.376 e. The van der Waals surface area contributed by atoms with Gasteiger partial charge in [-0.15, -0.1) is 0 Å². The third-order valence-corrected chi connectivity index (χ3v) is 5.02. The summed E-state index contributed by atoms with van der Waals surface area (Å²) in [5, 5.41) is 10.5. The van der Waals surface area contributed by atoms with Crippen molar-refractivity contribution in [3.63, 3.8) is 0 Å². The van der Waals surface area contributed by atoms with Crippen LogP contribution in [0.5, 0.6) is 0 Å². The number of rotatable bonds is 6. The Hall–Kier alpha value is -2.38. The van der Waals surface area contributed by atoms with Crippen LogP contribution in [0.15, 0.2) is 36.5 Å². The van der Waals surface area contributed by atoms with Crippen LogP contribution in [-0.2, 0) is 22.4 Å². The van der Waals surface area contributed by atoms with Crippen LogP contribution in [0.4, 0.5) is 4.79 Å². The van der Waals surface area contributed by atoms with E-state index in [0.717, 1.165) is 38.1 Å². The van der Waals surface area contributed by atoms with Crippen LogP contribution >= 0.6 is 0 Å². The van der Waals surface area contributed by atoms with Gasteiger partial charge in [0.15, 0.2) is 0 Å². The Kier molecular flexibility index (Phi) is 5.69. The van der Waals surface area contributed by atoms with Crippen molar-refractivity contribution in [1.29, 1.82) is 0 Å². The molecule has 2 unspecified atom stereocenters. The van der Waals surface area contributed by atoms with Gasteiger partial charge < -0.3 is 20.1 Å². The lowest BCUT2D eigenvalue weighted by Crippen LogP contribution is -2.42.